The van der Waals surface area contributed by atoms with Crippen molar-refractivity contribution in [3.63, 3.8) is 0 Å². The van der Waals surface area contributed by atoms with Crippen LogP contribution < -0.4 is 10.1 Å². The summed E-state index contributed by atoms with van der Waals surface area (Å²) in [6, 6.07) is 19.1. The Labute approximate surface area is 193 Å². The molecule has 3 aromatic carbocycles. The van der Waals surface area contributed by atoms with Crippen molar-refractivity contribution >= 4 is 26.8 Å². The number of nitrogens with zero attached hydrogens (tertiary/aromatic N) is 2. The summed E-state index contributed by atoms with van der Waals surface area (Å²) in [6.45, 7) is 1.37. The lowest BCUT2D eigenvalue weighted by atomic mass is 10.1. The predicted octanol–water partition coefficient (Wildman–Crippen LogP) is 2.97. The number of hydrogen-bond acceptors (Lipinski definition) is 6. The number of ether oxygens (including phenoxy) is 1. The van der Waals surface area contributed by atoms with E-state index in [1.54, 1.807) is 37.4 Å². The second-order valence-electron chi connectivity index (χ2n) is 7.55. The molecule has 1 atom stereocenters. The Morgan fingerprint density at radius 2 is 1.88 bits per heavy atom. The zero-order valence-electron chi connectivity index (χ0n) is 18.4. The van der Waals surface area contributed by atoms with Crippen LogP contribution in [0, 0.1) is 11.3 Å². The van der Waals surface area contributed by atoms with Gasteiger partial charge in [-0.3, -0.25) is 9.35 Å². The molecule has 2 N–H and O–H groups in total. The zero-order valence-corrected chi connectivity index (χ0v) is 19.2. The van der Waals surface area contributed by atoms with E-state index in [2.05, 4.69) is 11.4 Å². The molecule has 1 amide bonds. The fourth-order valence-corrected chi connectivity index (χ4v) is 4.13. The molecule has 0 bridgehead atoms. The van der Waals surface area contributed by atoms with Gasteiger partial charge in [-0.1, -0.05) is 24.3 Å². The summed E-state index contributed by atoms with van der Waals surface area (Å²) in [5.41, 5.74) is 1.65. The number of likely N-dealkylation sites (tertiary alicyclic amines) is 1. The zero-order chi connectivity index (χ0) is 24.0. The van der Waals surface area contributed by atoms with Crippen molar-refractivity contribution in [1.29, 1.82) is 5.26 Å². The third-order valence-corrected chi connectivity index (χ3v) is 6.24. The van der Waals surface area contributed by atoms with Crippen LogP contribution in [0.25, 0.3) is 10.8 Å². The first-order chi connectivity index (χ1) is 15.7. The normalized spacial score (nSPS) is 15.6. The molecule has 0 saturated carbocycles. The molecule has 1 aliphatic rings. The lowest BCUT2D eigenvalue weighted by Crippen LogP contribution is -2.35. The number of carbonyl (C=O) groups is 1. The summed E-state index contributed by atoms with van der Waals surface area (Å²) in [4.78, 5) is 13.6. The summed E-state index contributed by atoms with van der Waals surface area (Å²) >= 11 is 0. The van der Waals surface area contributed by atoms with Gasteiger partial charge in [0.05, 0.1) is 29.7 Å². The molecule has 4 rings (SSSR count). The van der Waals surface area contributed by atoms with Crippen molar-refractivity contribution in [2.24, 2.45) is 0 Å². The first-order valence-electron chi connectivity index (χ1n) is 10.3. The largest absolute Gasteiger partial charge is 0.497 e. The number of rotatable bonds is 5. The molecule has 1 fully saturated rings. The first-order valence-corrected chi connectivity index (χ1v) is 11.7. The first kappa shape index (κ1) is 24.2. The van der Waals surface area contributed by atoms with E-state index in [4.69, 9.17) is 14.6 Å². The van der Waals surface area contributed by atoms with Gasteiger partial charge in [-0.15, -0.1) is 0 Å². The van der Waals surface area contributed by atoms with Crippen LogP contribution in [0.3, 0.4) is 0 Å². The molecule has 3 aromatic rings. The fraction of sp³-hybridized carbons (Fsp3) is 0.250. The number of amides is 1. The molecule has 1 aliphatic heterocycles. The average Bonchev–Trinajstić information content (AvgIpc) is 3.17. The Bertz CT molecular complexity index is 1300. The van der Waals surface area contributed by atoms with Gasteiger partial charge in [0.15, 0.2) is 0 Å². The van der Waals surface area contributed by atoms with Gasteiger partial charge in [-0.25, -0.2) is 0 Å². The molecular formula is C24H25N3O5S. The van der Waals surface area contributed by atoms with E-state index in [1.165, 1.54) is 12.1 Å². The van der Waals surface area contributed by atoms with Gasteiger partial charge in [0.25, 0.3) is 10.1 Å². The van der Waals surface area contributed by atoms with E-state index < -0.39 is 10.1 Å². The number of carbonyl (C=O) groups excluding carboxylic acids is 1. The smallest absolute Gasteiger partial charge is 0.294 e. The molecule has 33 heavy (non-hydrogen) atoms. The summed E-state index contributed by atoms with van der Waals surface area (Å²) < 4.78 is 35.8. The van der Waals surface area contributed by atoms with Gasteiger partial charge in [-0.2, -0.15) is 13.7 Å². The van der Waals surface area contributed by atoms with Gasteiger partial charge < -0.3 is 15.0 Å². The molecular weight excluding hydrogens is 442 g/mol. The minimum atomic E-state index is -4.14. The predicted molar refractivity (Wildman–Crippen MR) is 124 cm³/mol. The molecule has 0 aromatic heterocycles. The van der Waals surface area contributed by atoms with Gasteiger partial charge in [0.1, 0.15) is 5.75 Å². The van der Waals surface area contributed by atoms with E-state index in [0.717, 1.165) is 29.3 Å². The van der Waals surface area contributed by atoms with Crippen LogP contribution in [0.15, 0.2) is 65.6 Å². The van der Waals surface area contributed by atoms with Crippen LogP contribution in [-0.2, 0) is 21.5 Å². The number of nitriles is 1. The Balaban J connectivity index is 0.000000186. The molecule has 1 saturated heterocycles. The molecule has 0 spiro atoms. The van der Waals surface area contributed by atoms with Crippen molar-refractivity contribution in [2.45, 2.75) is 23.9 Å². The topological polar surface area (TPSA) is 120 Å². The minimum absolute atomic E-state index is 0.0471. The van der Waals surface area contributed by atoms with Gasteiger partial charge >= 0.3 is 0 Å². The quantitative estimate of drug-likeness (QED) is 0.554. The van der Waals surface area contributed by atoms with Crippen LogP contribution in [0.2, 0.25) is 0 Å². The maximum absolute atomic E-state index is 11.9. The Hall–Kier alpha value is -3.45. The van der Waals surface area contributed by atoms with E-state index in [0.29, 0.717) is 17.9 Å². The Morgan fingerprint density at radius 3 is 2.52 bits per heavy atom. The molecule has 172 valence electrons. The summed E-state index contributed by atoms with van der Waals surface area (Å²) in [6.07, 6.45) is 0.854. The second-order valence-corrected chi connectivity index (χ2v) is 8.97. The van der Waals surface area contributed by atoms with E-state index in [9.17, 15) is 13.2 Å². The number of hydrogen-bond donors (Lipinski definition) is 2. The maximum atomic E-state index is 11.9. The fourth-order valence-electron chi connectivity index (χ4n) is 3.61. The molecule has 9 heteroatoms. The summed E-state index contributed by atoms with van der Waals surface area (Å²) in [5.74, 6) is 0.849. The van der Waals surface area contributed by atoms with Crippen molar-refractivity contribution in [1.82, 2.24) is 10.2 Å². The van der Waals surface area contributed by atoms with Crippen molar-refractivity contribution in [2.75, 3.05) is 20.7 Å². The third kappa shape index (κ3) is 6.08. The van der Waals surface area contributed by atoms with E-state index in [-0.39, 0.29) is 16.8 Å². The highest BCUT2D eigenvalue weighted by Crippen LogP contribution is 2.23. The van der Waals surface area contributed by atoms with E-state index >= 15 is 0 Å². The molecule has 1 heterocycles. The lowest BCUT2D eigenvalue weighted by Gasteiger charge is -2.16. The van der Waals surface area contributed by atoms with Crippen molar-refractivity contribution in [3.05, 3.63) is 71.8 Å². The van der Waals surface area contributed by atoms with Crippen LogP contribution in [0.5, 0.6) is 5.75 Å². The standard InChI is InChI=1S/C13H15N3O.C11H10O4S/c1-15-12-5-6-16(13(12)17)9-11-4-2-3-10(7-11)8-14;1-15-10-4-2-9-7-11(16(12,13)14)5-3-8(9)6-10/h2-4,7,12,15H,5-6,9H2,1H3;2-7H,1H3,(H,12,13,14)/t12-;/m0./s1. The second kappa shape index (κ2) is 10.4. The lowest BCUT2D eigenvalue weighted by molar-refractivity contribution is -0.129. The minimum Gasteiger partial charge on any atom is -0.497 e. The van der Waals surface area contributed by atoms with Crippen molar-refractivity contribution in [3.8, 4) is 11.8 Å². The highest BCUT2D eigenvalue weighted by molar-refractivity contribution is 7.85. The average molecular weight is 468 g/mol. The van der Waals surface area contributed by atoms with Crippen molar-refractivity contribution < 1.29 is 22.5 Å². The van der Waals surface area contributed by atoms with Gasteiger partial charge in [0.2, 0.25) is 5.91 Å². The van der Waals surface area contributed by atoms with Crippen LogP contribution in [-0.4, -0.2) is 50.5 Å². The Morgan fingerprint density at radius 1 is 1.15 bits per heavy atom. The third-order valence-electron chi connectivity index (χ3n) is 5.39. The number of nitrogens with one attached hydrogen (secondary N) is 1. The molecule has 0 unspecified atom stereocenters. The van der Waals surface area contributed by atoms with Crippen LogP contribution in [0.1, 0.15) is 17.5 Å². The number of methoxy groups -OCH3 is 1. The summed E-state index contributed by atoms with van der Waals surface area (Å²) in [7, 11) is -0.770. The SMILES string of the molecule is CN[C@H]1CCN(Cc2cccc(C#N)c2)C1=O.COc1ccc2cc(S(=O)(=O)O)ccc2c1. The molecule has 0 radical (unpaired) electrons. The molecule has 8 nitrogen and oxygen atoms in total. The monoisotopic (exact) mass is 467 g/mol. The highest BCUT2D eigenvalue weighted by atomic mass is 32.2. The van der Waals surface area contributed by atoms with Crippen LogP contribution in [0.4, 0.5) is 0 Å². The summed E-state index contributed by atoms with van der Waals surface area (Å²) in [5, 5.41) is 13.4. The number of fused-ring (bicyclic) bond motifs is 1. The van der Waals surface area contributed by atoms with Gasteiger partial charge in [0, 0.05) is 13.1 Å². The molecule has 0 aliphatic carbocycles. The highest BCUT2D eigenvalue weighted by Gasteiger charge is 2.29. The van der Waals surface area contributed by atoms with Crippen LogP contribution >= 0.6 is 0 Å². The maximum Gasteiger partial charge on any atom is 0.294 e. The van der Waals surface area contributed by atoms with E-state index in [1.807, 2.05) is 30.1 Å². The number of benzene rings is 3. The number of likely N-dealkylation sites (N-methyl/N-ethyl adjacent to an activating group) is 1. The Kier molecular flexibility index (Phi) is 7.66. The van der Waals surface area contributed by atoms with Gasteiger partial charge in [-0.05, 0) is 66.2 Å².